The molecule has 28 heavy (non-hydrogen) atoms. The number of Topliss-reactive ketones (excluding diaryl/α,β-unsaturated/α-hetero) is 1. The van der Waals surface area contributed by atoms with Crippen molar-refractivity contribution in [2.75, 3.05) is 6.16 Å². The average Bonchev–Trinajstić information content (AvgIpc) is 2.74. The van der Waals surface area contributed by atoms with Gasteiger partial charge >= 0.3 is 166 Å². The molecule has 0 unspecified atom stereocenters. The molecule has 0 saturated heterocycles. The quantitative estimate of drug-likeness (QED) is 0.451. The predicted octanol–water partition coefficient (Wildman–Crippen LogP) is 3.97. The number of ketones is 1. The van der Waals surface area contributed by atoms with Crippen LogP contribution in [0.2, 0.25) is 0 Å². The maximum absolute atomic E-state index is 12.9. The summed E-state index contributed by atoms with van der Waals surface area (Å²) in [5, 5.41) is 2.93. The summed E-state index contributed by atoms with van der Waals surface area (Å²) in [5.74, 6) is -0.685. The molecule has 0 heterocycles. The molecule has 0 radical (unpaired) electrons. The van der Waals surface area contributed by atoms with E-state index in [1.807, 2.05) is 91.0 Å². The molecule has 4 heteroatoms. The van der Waals surface area contributed by atoms with Crippen molar-refractivity contribution in [3.63, 3.8) is 0 Å². The number of rotatable bonds is 7. The van der Waals surface area contributed by atoms with Gasteiger partial charge in [0.05, 0.1) is 0 Å². The summed E-state index contributed by atoms with van der Waals surface area (Å²) in [5.41, 5.74) is 0. The zero-order valence-electron chi connectivity index (χ0n) is 16.2. The third-order valence-electron chi connectivity index (χ3n) is 5.21. The number of carbonyl (C=O) groups is 2. The standard InChI is InChI=1S/C24H25O3P/c1-3-28(21-13-7-4-8-14-21,22-15-9-5-10-16-22,23-17-11-6-12-18-23)27-24(26)19-20(2)25/h4-18H,3,19H2,1-2H3. The van der Waals surface area contributed by atoms with Gasteiger partial charge in [-0.1, -0.05) is 0 Å². The van der Waals surface area contributed by atoms with E-state index in [9.17, 15) is 9.59 Å². The summed E-state index contributed by atoms with van der Waals surface area (Å²) in [7, 11) is 0. The molecule has 0 fully saturated rings. The molecule has 0 aliphatic carbocycles. The van der Waals surface area contributed by atoms with Crippen LogP contribution < -0.4 is 15.9 Å². The first kappa shape index (κ1) is 20.0. The summed E-state index contributed by atoms with van der Waals surface area (Å²) < 4.78 is 6.51. The first-order valence-electron chi connectivity index (χ1n) is 9.43. The number of hydrogen-bond donors (Lipinski definition) is 0. The summed E-state index contributed by atoms with van der Waals surface area (Å²) in [6.07, 6.45) is 0.373. The summed E-state index contributed by atoms with van der Waals surface area (Å²) in [4.78, 5) is 24.6. The molecule has 0 amide bonds. The maximum atomic E-state index is 12.9. The monoisotopic (exact) mass is 392 g/mol. The predicted molar refractivity (Wildman–Crippen MR) is 117 cm³/mol. The average molecular weight is 392 g/mol. The number of benzene rings is 3. The third kappa shape index (κ3) is 3.27. The van der Waals surface area contributed by atoms with E-state index in [-0.39, 0.29) is 12.2 Å². The molecular weight excluding hydrogens is 367 g/mol. The Hall–Kier alpha value is -2.77. The molecule has 0 spiro atoms. The first-order valence-corrected chi connectivity index (χ1v) is 11.8. The SMILES string of the molecule is CCP(OC(=O)CC(C)=O)(c1ccccc1)(c1ccccc1)c1ccccc1. The van der Waals surface area contributed by atoms with Gasteiger partial charge in [0.15, 0.2) is 0 Å². The van der Waals surface area contributed by atoms with Crippen LogP contribution in [0.3, 0.4) is 0 Å². The Kier molecular flexibility index (Phi) is 5.76. The molecule has 3 nitrogen and oxygen atoms in total. The zero-order valence-corrected chi connectivity index (χ0v) is 17.1. The van der Waals surface area contributed by atoms with Gasteiger partial charge in [-0.3, -0.25) is 0 Å². The molecule has 0 aliphatic heterocycles. The second-order valence-electron chi connectivity index (χ2n) is 6.88. The van der Waals surface area contributed by atoms with Crippen molar-refractivity contribution in [3.8, 4) is 0 Å². The molecular formula is C24H25O3P. The van der Waals surface area contributed by atoms with Gasteiger partial charge < -0.3 is 0 Å². The van der Waals surface area contributed by atoms with E-state index in [0.29, 0.717) is 6.16 Å². The summed E-state index contributed by atoms with van der Waals surface area (Å²) >= 11 is 0. The minimum absolute atomic E-state index is 0.202. The van der Waals surface area contributed by atoms with Gasteiger partial charge in [0.1, 0.15) is 0 Å². The molecule has 144 valence electrons. The van der Waals surface area contributed by atoms with Gasteiger partial charge in [0.25, 0.3) is 0 Å². The fraction of sp³-hybridized carbons (Fsp3) is 0.167. The molecule has 3 aromatic carbocycles. The molecule has 3 rings (SSSR count). The van der Waals surface area contributed by atoms with Crippen molar-refractivity contribution >= 4 is 34.5 Å². The molecule has 0 N–H and O–H groups in total. The van der Waals surface area contributed by atoms with E-state index >= 15 is 0 Å². The van der Waals surface area contributed by atoms with Crippen molar-refractivity contribution in [1.82, 2.24) is 0 Å². The van der Waals surface area contributed by atoms with Crippen LogP contribution in [-0.2, 0) is 14.1 Å². The summed E-state index contributed by atoms with van der Waals surface area (Å²) in [6, 6.07) is 29.9. The van der Waals surface area contributed by atoms with E-state index in [4.69, 9.17) is 4.52 Å². The van der Waals surface area contributed by atoms with E-state index in [1.165, 1.54) is 6.92 Å². The Balaban J connectivity index is 2.42. The Morgan fingerprint density at radius 3 is 1.36 bits per heavy atom. The van der Waals surface area contributed by atoms with Gasteiger partial charge in [0, 0.05) is 0 Å². The Morgan fingerprint density at radius 2 is 1.07 bits per heavy atom. The van der Waals surface area contributed by atoms with Gasteiger partial charge in [0.2, 0.25) is 0 Å². The van der Waals surface area contributed by atoms with Crippen molar-refractivity contribution in [2.24, 2.45) is 0 Å². The van der Waals surface area contributed by atoms with E-state index < -0.39 is 12.8 Å². The topological polar surface area (TPSA) is 43.4 Å². The summed E-state index contributed by atoms with van der Waals surface area (Å²) in [6.45, 7) is -0.121. The molecule has 0 atom stereocenters. The minimum atomic E-state index is -3.59. The van der Waals surface area contributed by atoms with Crippen LogP contribution in [-0.4, -0.2) is 17.9 Å². The second kappa shape index (κ2) is 8.08. The Labute approximate surface area is 166 Å². The fourth-order valence-corrected chi connectivity index (χ4v) is 9.27. The van der Waals surface area contributed by atoms with Gasteiger partial charge in [-0.15, -0.1) is 0 Å². The van der Waals surface area contributed by atoms with Crippen LogP contribution >= 0.6 is 6.83 Å². The Bertz CT molecular complexity index is 853. The fourth-order valence-electron chi connectivity index (χ4n) is 3.91. The van der Waals surface area contributed by atoms with Crippen LogP contribution in [0.25, 0.3) is 0 Å². The van der Waals surface area contributed by atoms with Crippen LogP contribution in [0.4, 0.5) is 0 Å². The van der Waals surface area contributed by atoms with Crippen molar-refractivity contribution < 1.29 is 14.1 Å². The van der Waals surface area contributed by atoms with Crippen molar-refractivity contribution in [2.45, 2.75) is 20.3 Å². The zero-order chi connectivity index (χ0) is 20.1. The normalized spacial score (nSPS) is 12.6. The van der Waals surface area contributed by atoms with Crippen molar-refractivity contribution in [1.29, 1.82) is 0 Å². The third-order valence-corrected chi connectivity index (χ3v) is 11.2. The van der Waals surface area contributed by atoms with Gasteiger partial charge in [-0.25, -0.2) is 0 Å². The molecule has 3 aromatic rings. The number of hydrogen-bond acceptors (Lipinski definition) is 3. The van der Waals surface area contributed by atoms with Crippen molar-refractivity contribution in [3.05, 3.63) is 91.0 Å². The molecule has 0 bridgehead atoms. The van der Waals surface area contributed by atoms with E-state index in [0.717, 1.165) is 15.9 Å². The molecule has 0 saturated carbocycles. The second-order valence-corrected chi connectivity index (χ2v) is 11.7. The van der Waals surface area contributed by atoms with Crippen LogP contribution in [0.15, 0.2) is 91.0 Å². The van der Waals surface area contributed by atoms with Gasteiger partial charge in [-0.05, 0) is 0 Å². The van der Waals surface area contributed by atoms with Crippen LogP contribution in [0.1, 0.15) is 20.3 Å². The first-order chi connectivity index (χ1) is 13.5. The van der Waals surface area contributed by atoms with Gasteiger partial charge in [-0.2, -0.15) is 0 Å². The number of carbonyl (C=O) groups excluding carboxylic acids is 2. The molecule has 0 aromatic heterocycles. The van der Waals surface area contributed by atoms with Crippen LogP contribution in [0.5, 0.6) is 0 Å². The molecule has 0 aliphatic rings. The Morgan fingerprint density at radius 1 is 0.714 bits per heavy atom. The van der Waals surface area contributed by atoms with E-state index in [2.05, 4.69) is 6.92 Å². The van der Waals surface area contributed by atoms with E-state index in [1.54, 1.807) is 0 Å². The van der Waals surface area contributed by atoms with Crippen LogP contribution in [0, 0.1) is 0 Å².